The number of rotatable bonds is 3. The Balaban J connectivity index is 1.73. The highest BCUT2D eigenvalue weighted by molar-refractivity contribution is 5.92. The number of amides is 1. The lowest BCUT2D eigenvalue weighted by molar-refractivity contribution is 0.0299. The van der Waals surface area contributed by atoms with Gasteiger partial charge in [0.05, 0.1) is 24.8 Å². The Morgan fingerprint density at radius 3 is 2.65 bits per heavy atom. The van der Waals surface area contributed by atoms with Gasteiger partial charge in [0, 0.05) is 25.0 Å². The van der Waals surface area contributed by atoms with Crippen LogP contribution in [0.1, 0.15) is 16.1 Å². The van der Waals surface area contributed by atoms with Crippen LogP contribution in [0.4, 0.5) is 11.6 Å². The highest BCUT2D eigenvalue weighted by Gasteiger charge is 2.20. The molecule has 23 heavy (non-hydrogen) atoms. The first-order valence-electron chi connectivity index (χ1n) is 7.23. The number of morpholine rings is 1. The van der Waals surface area contributed by atoms with Gasteiger partial charge in [0.15, 0.2) is 0 Å². The van der Waals surface area contributed by atoms with Crippen molar-refractivity contribution in [1.82, 2.24) is 14.9 Å². The lowest BCUT2D eigenvalue weighted by atomic mass is 10.2. The molecule has 1 aliphatic heterocycles. The molecule has 3 rings (SSSR count). The third kappa shape index (κ3) is 3.62. The fourth-order valence-electron chi connectivity index (χ4n) is 2.22. The van der Waals surface area contributed by atoms with Crippen molar-refractivity contribution in [3.05, 3.63) is 47.8 Å². The smallest absolute Gasteiger partial charge is 0.272 e. The number of benzene rings is 1. The van der Waals surface area contributed by atoms with Crippen LogP contribution in [0.3, 0.4) is 0 Å². The SMILES string of the molecule is N#Cc1ccc(Nc2nccc(C(=O)N3CCOCC3)n2)cc1. The zero-order chi connectivity index (χ0) is 16.1. The van der Waals surface area contributed by atoms with E-state index in [4.69, 9.17) is 10.00 Å². The minimum atomic E-state index is -0.126. The van der Waals surface area contributed by atoms with Crippen LogP contribution >= 0.6 is 0 Å². The van der Waals surface area contributed by atoms with Crippen molar-refractivity contribution in [1.29, 1.82) is 5.26 Å². The van der Waals surface area contributed by atoms with Crippen LogP contribution in [-0.2, 0) is 4.74 Å². The number of nitriles is 1. The van der Waals surface area contributed by atoms with E-state index in [2.05, 4.69) is 21.4 Å². The summed E-state index contributed by atoms with van der Waals surface area (Å²) in [5.74, 6) is 0.215. The molecule has 1 aromatic carbocycles. The molecule has 0 aliphatic carbocycles. The van der Waals surface area contributed by atoms with Crippen LogP contribution in [-0.4, -0.2) is 47.1 Å². The molecule has 2 heterocycles. The summed E-state index contributed by atoms with van der Waals surface area (Å²) < 4.78 is 5.25. The van der Waals surface area contributed by atoms with E-state index in [9.17, 15) is 4.79 Å². The Morgan fingerprint density at radius 2 is 1.96 bits per heavy atom. The average Bonchev–Trinajstić information content (AvgIpc) is 2.63. The van der Waals surface area contributed by atoms with Crippen LogP contribution in [0.25, 0.3) is 0 Å². The number of anilines is 2. The van der Waals surface area contributed by atoms with Crippen molar-refractivity contribution >= 4 is 17.5 Å². The van der Waals surface area contributed by atoms with Gasteiger partial charge in [0.25, 0.3) is 5.91 Å². The standard InChI is InChI=1S/C16H15N5O2/c17-11-12-1-3-13(4-2-12)19-16-18-6-5-14(20-16)15(22)21-7-9-23-10-8-21/h1-6H,7-10H2,(H,18,19,20). The molecule has 0 radical (unpaired) electrons. The predicted octanol–water partition coefficient (Wildman–Crippen LogP) is 1.56. The first-order valence-corrected chi connectivity index (χ1v) is 7.23. The minimum absolute atomic E-state index is 0.126. The molecule has 0 saturated carbocycles. The first-order chi connectivity index (χ1) is 11.3. The van der Waals surface area contributed by atoms with Gasteiger partial charge in [0.2, 0.25) is 5.95 Å². The lowest BCUT2D eigenvalue weighted by Crippen LogP contribution is -2.41. The van der Waals surface area contributed by atoms with Crippen molar-refractivity contribution in [3.8, 4) is 6.07 Å². The summed E-state index contributed by atoms with van der Waals surface area (Å²) >= 11 is 0. The number of carbonyl (C=O) groups is 1. The van der Waals surface area contributed by atoms with Crippen LogP contribution in [0.5, 0.6) is 0 Å². The van der Waals surface area contributed by atoms with Gasteiger partial charge in [-0.3, -0.25) is 4.79 Å². The molecule has 0 unspecified atom stereocenters. The Kier molecular flexibility index (Phi) is 4.45. The van der Waals surface area contributed by atoms with Crippen molar-refractivity contribution in [3.63, 3.8) is 0 Å². The summed E-state index contributed by atoms with van der Waals surface area (Å²) in [5, 5.41) is 11.8. The monoisotopic (exact) mass is 309 g/mol. The zero-order valence-corrected chi connectivity index (χ0v) is 12.4. The average molecular weight is 309 g/mol. The van der Waals surface area contributed by atoms with E-state index in [-0.39, 0.29) is 5.91 Å². The summed E-state index contributed by atoms with van der Waals surface area (Å²) in [6, 6.07) is 10.6. The first kappa shape index (κ1) is 14.9. The van der Waals surface area contributed by atoms with E-state index in [1.165, 1.54) is 0 Å². The second kappa shape index (κ2) is 6.85. The van der Waals surface area contributed by atoms with E-state index < -0.39 is 0 Å². The summed E-state index contributed by atoms with van der Waals surface area (Å²) in [6.07, 6.45) is 1.55. The molecule has 1 aromatic heterocycles. The second-order valence-electron chi connectivity index (χ2n) is 4.98. The molecule has 7 heteroatoms. The Labute approximate surface area is 133 Å². The van der Waals surface area contributed by atoms with Crippen LogP contribution in [0, 0.1) is 11.3 Å². The summed E-state index contributed by atoms with van der Waals surface area (Å²) in [4.78, 5) is 22.5. The van der Waals surface area contributed by atoms with E-state index in [1.807, 2.05) is 0 Å². The predicted molar refractivity (Wildman–Crippen MR) is 83.2 cm³/mol. The molecule has 2 aromatic rings. The maximum atomic E-state index is 12.4. The van der Waals surface area contributed by atoms with Gasteiger partial charge < -0.3 is 15.0 Å². The maximum absolute atomic E-state index is 12.4. The maximum Gasteiger partial charge on any atom is 0.272 e. The van der Waals surface area contributed by atoms with Gasteiger partial charge in [-0.25, -0.2) is 9.97 Å². The van der Waals surface area contributed by atoms with Gasteiger partial charge in [0.1, 0.15) is 5.69 Å². The van der Waals surface area contributed by atoms with Gasteiger partial charge >= 0.3 is 0 Å². The van der Waals surface area contributed by atoms with E-state index >= 15 is 0 Å². The number of hydrogen-bond acceptors (Lipinski definition) is 6. The summed E-state index contributed by atoms with van der Waals surface area (Å²) in [5.41, 5.74) is 1.67. The van der Waals surface area contributed by atoms with Gasteiger partial charge in [-0.2, -0.15) is 5.26 Å². The van der Waals surface area contributed by atoms with Gasteiger partial charge in [-0.05, 0) is 30.3 Å². The number of nitrogens with one attached hydrogen (secondary N) is 1. The highest BCUT2D eigenvalue weighted by Crippen LogP contribution is 2.14. The minimum Gasteiger partial charge on any atom is -0.378 e. The second-order valence-corrected chi connectivity index (χ2v) is 4.98. The largest absolute Gasteiger partial charge is 0.378 e. The molecular weight excluding hydrogens is 294 g/mol. The third-order valence-electron chi connectivity index (χ3n) is 3.44. The van der Waals surface area contributed by atoms with Crippen LogP contribution in [0.2, 0.25) is 0 Å². The fourth-order valence-corrected chi connectivity index (χ4v) is 2.22. The molecule has 116 valence electrons. The summed E-state index contributed by atoms with van der Waals surface area (Å²) in [6.45, 7) is 2.24. The number of carbonyl (C=O) groups excluding carboxylic acids is 1. The molecule has 1 saturated heterocycles. The van der Waals surface area contributed by atoms with E-state index in [0.29, 0.717) is 43.5 Å². The zero-order valence-electron chi connectivity index (χ0n) is 12.4. The molecule has 1 aliphatic rings. The molecule has 1 fully saturated rings. The molecule has 0 spiro atoms. The van der Waals surface area contributed by atoms with Crippen molar-refractivity contribution in [2.24, 2.45) is 0 Å². The highest BCUT2D eigenvalue weighted by atomic mass is 16.5. The van der Waals surface area contributed by atoms with Crippen LogP contribution < -0.4 is 5.32 Å². The molecule has 7 nitrogen and oxygen atoms in total. The third-order valence-corrected chi connectivity index (χ3v) is 3.44. The fraction of sp³-hybridized carbons (Fsp3) is 0.250. The number of aromatic nitrogens is 2. The molecule has 1 N–H and O–H groups in total. The topological polar surface area (TPSA) is 91.1 Å². The number of ether oxygens (including phenoxy) is 1. The van der Waals surface area contributed by atoms with E-state index in [0.717, 1.165) is 5.69 Å². The molecule has 0 atom stereocenters. The quantitative estimate of drug-likeness (QED) is 0.925. The van der Waals surface area contributed by atoms with E-state index in [1.54, 1.807) is 41.4 Å². The van der Waals surface area contributed by atoms with Crippen molar-refractivity contribution < 1.29 is 9.53 Å². The van der Waals surface area contributed by atoms with Gasteiger partial charge in [-0.1, -0.05) is 0 Å². The Hall–Kier alpha value is -2.98. The van der Waals surface area contributed by atoms with Crippen molar-refractivity contribution in [2.75, 3.05) is 31.6 Å². The number of nitrogens with zero attached hydrogens (tertiary/aromatic N) is 4. The number of hydrogen-bond donors (Lipinski definition) is 1. The molecule has 0 bridgehead atoms. The molecular formula is C16H15N5O2. The van der Waals surface area contributed by atoms with Gasteiger partial charge in [-0.15, -0.1) is 0 Å². The molecule has 1 amide bonds. The lowest BCUT2D eigenvalue weighted by Gasteiger charge is -2.26. The normalized spacial score (nSPS) is 14.1. The Bertz CT molecular complexity index is 733. The summed E-state index contributed by atoms with van der Waals surface area (Å²) in [7, 11) is 0. The van der Waals surface area contributed by atoms with Crippen molar-refractivity contribution in [2.45, 2.75) is 0 Å². The Morgan fingerprint density at radius 1 is 1.22 bits per heavy atom. The van der Waals surface area contributed by atoms with Crippen LogP contribution in [0.15, 0.2) is 36.5 Å².